The molecule has 0 atom stereocenters. The zero-order chi connectivity index (χ0) is 10.4. The van der Waals surface area contributed by atoms with E-state index in [4.69, 9.17) is 4.74 Å². The van der Waals surface area contributed by atoms with Gasteiger partial charge in [-0.15, -0.1) is 0 Å². The van der Waals surface area contributed by atoms with Crippen LogP contribution in [0.3, 0.4) is 0 Å². The highest BCUT2D eigenvalue weighted by Crippen LogP contribution is 2.42. The van der Waals surface area contributed by atoms with E-state index >= 15 is 0 Å². The summed E-state index contributed by atoms with van der Waals surface area (Å²) in [5, 5.41) is 1.16. The minimum absolute atomic E-state index is 0.566. The topological polar surface area (TPSA) is 9.23 Å². The highest BCUT2D eigenvalue weighted by molar-refractivity contribution is 9.09. The van der Waals surface area contributed by atoms with Crippen molar-refractivity contribution in [1.29, 1.82) is 0 Å². The lowest BCUT2D eigenvalue weighted by Gasteiger charge is -2.26. The first kappa shape index (κ1) is 12.5. The molecule has 0 saturated heterocycles. The number of hydrogen-bond donors (Lipinski definition) is 0. The Morgan fingerprint density at radius 1 is 1.29 bits per heavy atom. The van der Waals surface area contributed by atoms with Crippen molar-refractivity contribution in [2.45, 2.75) is 46.0 Å². The molecule has 0 N–H and O–H groups in total. The average molecular weight is 263 g/mol. The van der Waals surface area contributed by atoms with Crippen LogP contribution < -0.4 is 0 Å². The molecule has 14 heavy (non-hydrogen) atoms. The van der Waals surface area contributed by atoms with Crippen molar-refractivity contribution < 1.29 is 4.74 Å². The van der Waals surface area contributed by atoms with Gasteiger partial charge in [-0.1, -0.05) is 42.6 Å². The molecule has 1 rings (SSSR count). The second kappa shape index (κ2) is 6.12. The summed E-state index contributed by atoms with van der Waals surface area (Å²) in [7, 11) is 0. The van der Waals surface area contributed by atoms with E-state index in [1.807, 2.05) is 0 Å². The Balaban J connectivity index is 2.15. The third-order valence-electron chi connectivity index (χ3n) is 3.18. The van der Waals surface area contributed by atoms with Crippen molar-refractivity contribution in [3.8, 4) is 0 Å². The van der Waals surface area contributed by atoms with Gasteiger partial charge in [0.15, 0.2) is 0 Å². The zero-order valence-corrected chi connectivity index (χ0v) is 11.1. The fourth-order valence-corrected chi connectivity index (χ4v) is 3.02. The maximum atomic E-state index is 5.66. The lowest BCUT2D eigenvalue weighted by molar-refractivity contribution is 0.0833. The Morgan fingerprint density at radius 3 is 2.43 bits per heavy atom. The number of alkyl halides is 1. The van der Waals surface area contributed by atoms with Gasteiger partial charge >= 0.3 is 0 Å². The SMILES string of the molecule is CC(C)COCCC1(CBr)CCCC1. The fourth-order valence-electron chi connectivity index (χ4n) is 2.18. The summed E-state index contributed by atoms with van der Waals surface area (Å²) >= 11 is 3.66. The standard InChI is InChI=1S/C12H23BrO/c1-11(2)9-14-8-7-12(10-13)5-3-4-6-12/h11H,3-10H2,1-2H3. The molecule has 0 aromatic rings. The van der Waals surface area contributed by atoms with E-state index in [1.165, 1.54) is 32.1 Å². The maximum Gasteiger partial charge on any atom is 0.0488 e. The molecule has 1 fully saturated rings. The predicted octanol–water partition coefficient (Wildman–Crippen LogP) is 4.00. The van der Waals surface area contributed by atoms with Gasteiger partial charge in [-0.05, 0) is 30.6 Å². The predicted molar refractivity (Wildman–Crippen MR) is 65.0 cm³/mol. The summed E-state index contributed by atoms with van der Waals surface area (Å²) in [5.41, 5.74) is 0.566. The van der Waals surface area contributed by atoms with E-state index in [9.17, 15) is 0 Å². The van der Waals surface area contributed by atoms with Crippen LogP contribution in [-0.2, 0) is 4.74 Å². The van der Waals surface area contributed by atoms with Crippen molar-refractivity contribution in [3.05, 3.63) is 0 Å². The first-order valence-electron chi connectivity index (χ1n) is 5.82. The molecule has 0 aromatic heterocycles. The van der Waals surface area contributed by atoms with E-state index in [0.29, 0.717) is 11.3 Å². The van der Waals surface area contributed by atoms with Crippen LogP contribution in [-0.4, -0.2) is 18.5 Å². The Hall–Kier alpha value is 0.440. The summed E-state index contributed by atoms with van der Waals surface area (Å²) in [6.45, 7) is 6.27. The third kappa shape index (κ3) is 3.90. The molecular weight excluding hydrogens is 240 g/mol. The normalized spacial score (nSPS) is 20.6. The molecule has 0 radical (unpaired) electrons. The van der Waals surface area contributed by atoms with Crippen LogP contribution in [0.2, 0.25) is 0 Å². The van der Waals surface area contributed by atoms with Gasteiger partial charge in [-0.25, -0.2) is 0 Å². The third-order valence-corrected chi connectivity index (χ3v) is 4.37. The lowest BCUT2D eigenvalue weighted by Crippen LogP contribution is -2.21. The summed E-state index contributed by atoms with van der Waals surface area (Å²) in [6.07, 6.45) is 6.85. The first-order valence-corrected chi connectivity index (χ1v) is 6.94. The summed E-state index contributed by atoms with van der Waals surface area (Å²) in [6, 6.07) is 0. The smallest absolute Gasteiger partial charge is 0.0488 e. The van der Waals surface area contributed by atoms with Gasteiger partial charge in [0.1, 0.15) is 0 Å². The minimum Gasteiger partial charge on any atom is -0.381 e. The largest absolute Gasteiger partial charge is 0.381 e. The molecule has 0 bridgehead atoms. The van der Waals surface area contributed by atoms with Crippen molar-refractivity contribution in [3.63, 3.8) is 0 Å². The van der Waals surface area contributed by atoms with Crippen LogP contribution >= 0.6 is 15.9 Å². The quantitative estimate of drug-likeness (QED) is 0.520. The minimum atomic E-state index is 0.566. The summed E-state index contributed by atoms with van der Waals surface area (Å²) < 4.78 is 5.66. The molecule has 0 amide bonds. The molecule has 2 heteroatoms. The second-order valence-corrected chi connectivity index (χ2v) is 5.62. The average Bonchev–Trinajstić information content (AvgIpc) is 2.62. The van der Waals surface area contributed by atoms with E-state index in [2.05, 4.69) is 29.8 Å². The van der Waals surface area contributed by atoms with Gasteiger partial charge in [-0.2, -0.15) is 0 Å². The molecular formula is C12H23BrO. The van der Waals surface area contributed by atoms with Gasteiger partial charge in [0.2, 0.25) is 0 Å². The van der Waals surface area contributed by atoms with Crippen LogP contribution in [0.4, 0.5) is 0 Å². The van der Waals surface area contributed by atoms with E-state index in [-0.39, 0.29) is 0 Å². The molecule has 0 aliphatic heterocycles. The fraction of sp³-hybridized carbons (Fsp3) is 1.00. The highest BCUT2D eigenvalue weighted by atomic mass is 79.9. The molecule has 1 aliphatic rings. The van der Waals surface area contributed by atoms with Crippen LogP contribution in [0.25, 0.3) is 0 Å². The zero-order valence-electron chi connectivity index (χ0n) is 9.52. The van der Waals surface area contributed by atoms with Crippen LogP contribution in [0.5, 0.6) is 0 Å². The number of hydrogen-bond acceptors (Lipinski definition) is 1. The van der Waals surface area contributed by atoms with Gasteiger partial charge in [-0.3, -0.25) is 0 Å². The molecule has 0 heterocycles. The van der Waals surface area contributed by atoms with Crippen molar-refractivity contribution in [2.24, 2.45) is 11.3 Å². The van der Waals surface area contributed by atoms with E-state index in [0.717, 1.165) is 18.5 Å². The molecule has 1 nitrogen and oxygen atoms in total. The van der Waals surface area contributed by atoms with Crippen molar-refractivity contribution >= 4 is 15.9 Å². The number of halogens is 1. The number of ether oxygens (including phenoxy) is 1. The lowest BCUT2D eigenvalue weighted by atomic mass is 9.85. The maximum absolute atomic E-state index is 5.66. The Bertz CT molecular complexity index is 150. The van der Waals surface area contributed by atoms with Gasteiger partial charge in [0.25, 0.3) is 0 Å². The van der Waals surface area contributed by atoms with Crippen LogP contribution in [0.1, 0.15) is 46.0 Å². The summed E-state index contributed by atoms with van der Waals surface area (Å²) in [4.78, 5) is 0. The first-order chi connectivity index (χ1) is 6.68. The van der Waals surface area contributed by atoms with Crippen molar-refractivity contribution in [1.82, 2.24) is 0 Å². The highest BCUT2D eigenvalue weighted by Gasteiger charge is 2.32. The Labute approximate surface area is 96.7 Å². The Morgan fingerprint density at radius 2 is 1.93 bits per heavy atom. The molecule has 0 unspecified atom stereocenters. The summed E-state index contributed by atoms with van der Waals surface area (Å²) in [5.74, 6) is 0.665. The molecule has 1 saturated carbocycles. The van der Waals surface area contributed by atoms with E-state index in [1.54, 1.807) is 0 Å². The molecule has 84 valence electrons. The number of rotatable bonds is 6. The van der Waals surface area contributed by atoms with Crippen LogP contribution in [0.15, 0.2) is 0 Å². The van der Waals surface area contributed by atoms with Gasteiger partial charge in [0.05, 0.1) is 0 Å². The molecule has 1 aliphatic carbocycles. The van der Waals surface area contributed by atoms with Gasteiger partial charge < -0.3 is 4.74 Å². The monoisotopic (exact) mass is 262 g/mol. The van der Waals surface area contributed by atoms with E-state index < -0.39 is 0 Å². The second-order valence-electron chi connectivity index (χ2n) is 5.06. The van der Waals surface area contributed by atoms with Crippen LogP contribution in [0, 0.1) is 11.3 Å². The Kier molecular flexibility index (Phi) is 5.47. The molecule has 0 aromatic carbocycles. The molecule has 0 spiro atoms. The van der Waals surface area contributed by atoms with Gasteiger partial charge in [0, 0.05) is 18.5 Å². The van der Waals surface area contributed by atoms with Crippen molar-refractivity contribution in [2.75, 3.05) is 18.5 Å².